The average Bonchev–Trinajstić information content (AvgIpc) is 3.79. The molecule has 6 nitrogen and oxygen atoms in total. The number of carbonyl (C=O) groups excluding carboxylic acids is 2. The van der Waals surface area contributed by atoms with E-state index in [1.807, 2.05) is 0 Å². The van der Waals surface area contributed by atoms with Gasteiger partial charge < -0.3 is 20.3 Å². The van der Waals surface area contributed by atoms with E-state index in [2.05, 4.69) is 43.5 Å². The normalized spacial score (nSPS) is 12.5. The van der Waals surface area contributed by atoms with Gasteiger partial charge in [0.05, 0.1) is 25.4 Å². The molecule has 0 radical (unpaired) electrons. The van der Waals surface area contributed by atoms with E-state index >= 15 is 0 Å². The molecule has 0 fully saturated rings. The van der Waals surface area contributed by atoms with Crippen molar-refractivity contribution in [2.45, 2.75) is 514 Å². The zero-order valence-electron chi connectivity index (χ0n) is 64.2. The summed E-state index contributed by atoms with van der Waals surface area (Å²) in [6, 6.07) is -0.540. The van der Waals surface area contributed by atoms with E-state index in [9.17, 15) is 19.8 Å². The van der Waals surface area contributed by atoms with Crippen molar-refractivity contribution in [3.05, 3.63) is 24.3 Å². The number of hydrogen-bond acceptors (Lipinski definition) is 5. The summed E-state index contributed by atoms with van der Waals surface area (Å²) in [6.45, 7) is 5.01. The summed E-state index contributed by atoms with van der Waals surface area (Å²) in [6.07, 6.45) is 109. The molecular formula is C88H171NO5. The van der Waals surface area contributed by atoms with Gasteiger partial charge in [0.25, 0.3) is 0 Å². The fraction of sp³-hybridized carbons (Fsp3) is 0.932. The van der Waals surface area contributed by atoms with Crippen molar-refractivity contribution in [3.63, 3.8) is 0 Å². The molecule has 0 aliphatic heterocycles. The number of aliphatic hydroxyl groups is 2. The van der Waals surface area contributed by atoms with Gasteiger partial charge in [0.1, 0.15) is 0 Å². The van der Waals surface area contributed by atoms with E-state index in [4.69, 9.17) is 4.74 Å². The second-order valence-corrected chi connectivity index (χ2v) is 30.2. The summed E-state index contributed by atoms with van der Waals surface area (Å²) in [4.78, 5) is 24.7. The number of rotatable bonds is 83. The van der Waals surface area contributed by atoms with Crippen LogP contribution in [0, 0.1) is 0 Å². The van der Waals surface area contributed by atoms with E-state index < -0.39 is 12.1 Å². The standard InChI is InChI=1S/C88H171NO5/c1-3-5-7-9-11-13-15-17-19-21-22-23-24-40-43-46-49-52-56-60-64-68-72-76-80-86(91)85(84-90)89-87(92)81-77-73-69-65-61-57-53-50-47-44-41-38-36-34-32-30-28-26-25-27-29-31-33-35-37-39-42-45-48-51-55-59-63-67-71-75-79-83-94-88(93)82-78-74-70-66-62-58-54-20-18-16-14-12-10-8-6-4-2/h20,25,27,54,85-86,90-91H,3-19,21-24,26,28-53,55-84H2,1-2H3,(H,89,92)/b27-25-,54-20-. The molecule has 0 heterocycles. The van der Waals surface area contributed by atoms with Crippen LogP contribution in [0.2, 0.25) is 0 Å². The van der Waals surface area contributed by atoms with Crippen molar-refractivity contribution in [1.29, 1.82) is 0 Å². The maximum Gasteiger partial charge on any atom is 0.305 e. The second kappa shape index (κ2) is 83.8. The van der Waals surface area contributed by atoms with E-state index in [0.29, 0.717) is 25.9 Å². The molecule has 558 valence electrons. The average molecular weight is 1320 g/mol. The Hall–Kier alpha value is -1.66. The largest absolute Gasteiger partial charge is 0.466 e. The van der Waals surface area contributed by atoms with Crippen LogP contribution in [0.3, 0.4) is 0 Å². The first-order chi connectivity index (χ1) is 46.5. The Bertz CT molecular complexity index is 1480. The minimum Gasteiger partial charge on any atom is -0.466 e. The van der Waals surface area contributed by atoms with Crippen LogP contribution in [0.25, 0.3) is 0 Å². The first-order valence-electron chi connectivity index (χ1n) is 43.6. The molecule has 2 atom stereocenters. The minimum atomic E-state index is -0.663. The Balaban J connectivity index is 3.33. The molecule has 0 bridgehead atoms. The zero-order chi connectivity index (χ0) is 67.7. The summed E-state index contributed by atoms with van der Waals surface area (Å²) >= 11 is 0. The first kappa shape index (κ1) is 92.3. The molecule has 6 heteroatoms. The number of hydrogen-bond donors (Lipinski definition) is 3. The van der Waals surface area contributed by atoms with E-state index in [1.54, 1.807) is 0 Å². The monoisotopic (exact) mass is 1320 g/mol. The minimum absolute atomic E-state index is 0.0152. The lowest BCUT2D eigenvalue weighted by atomic mass is 10.0. The molecule has 0 aromatic carbocycles. The highest BCUT2D eigenvalue weighted by molar-refractivity contribution is 5.76. The molecule has 0 rings (SSSR count). The lowest BCUT2D eigenvalue weighted by Crippen LogP contribution is -2.45. The van der Waals surface area contributed by atoms with E-state index in [1.165, 1.54) is 424 Å². The molecule has 94 heavy (non-hydrogen) atoms. The zero-order valence-corrected chi connectivity index (χ0v) is 64.2. The highest BCUT2D eigenvalue weighted by atomic mass is 16.5. The van der Waals surface area contributed by atoms with Crippen LogP contribution in [0.5, 0.6) is 0 Å². The molecule has 0 aliphatic rings. The van der Waals surface area contributed by atoms with Gasteiger partial charge in [0.2, 0.25) is 5.91 Å². The van der Waals surface area contributed by atoms with Crippen molar-refractivity contribution in [1.82, 2.24) is 5.32 Å². The first-order valence-corrected chi connectivity index (χ1v) is 43.6. The van der Waals surface area contributed by atoms with Gasteiger partial charge in [0, 0.05) is 12.8 Å². The molecule has 0 saturated heterocycles. The van der Waals surface area contributed by atoms with Gasteiger partial charge in [-0.2, -0.15) is 0 Å². The number of carbonyl (C=O) groups is 2. The molecule has 0 saturated carbocycles. The summed E-state index contributed by atoms with van der Waals surface area (Å²) in [5.41, 5.74) is 0. The van der Waals surface area contributed by atoms with Crippen molar-refractivity contribution in [2.75, 3.05) is 13.2 Å². The summed E-state index contributed by atoms with van der Waals surface area (Å²) in [7, 11) is 0. The molecule has 2 unspecified atom stereocenters. The molecule has 0 spiro atoms. The third-order valence-corrected chi connectivity index (χ3v) is 20.7. The third kappa shape index (κ3) is 79.3. The Labute approximate surface area is 590 Å². The van der Waals surface area contributed by atoms with Crippen LogP contribution in [-0.2, 0) is 14.3 Å². The number of ether oxygens (including phenoxy) is 1. The van der Waals surface area contributed by atoms with Gasteiger partial charge in [-0.25, -0.2) is 0 Å². The van der Waals surface area contributed by atoms with Gasteiger partial charge in [-0.05, 0) is 77.0 Å². The lowest BCUT2D eigenvalue weighted by Gasteiger charge is -2.22. The number of unbranched alkanes of at least 4 members (excludes halogenated alkanes) is 68. The van der Waals surface area contributed by atoms with Crippen LogP contribution in [0.1, 0.15) is 502 Å². The Morgan fingerprint density at radius 1 is 0.287 bits per heavy atom. The fourth-order valence-corrected chi connectivity index (χ4v) is 14.1. The third-order valence-electron chi connectivity index (χ3n) is 20.7. The highest BCUT2D eigenvalue weighted by Crippen LogP contribution is 2.21. The number of allylic oxidation sites excluding steroid dienone is 4. The SMILES string of the molecule is CCCCCCCCC/C=C\CCCCCCCC(=O)OCCCCCCCCCCCCCCCCCC/C=C\CCCCCCCCCCCCCCCCCCCC(=O)NC(CO)C(O)CCCCCCCCCCCCCCCCCCCCCCCCCC. The Morgan fingerprint density at radius 3 is 0.755 bits per heavy atom. The van der Waals surface area contributed by atoms with Crippen LogP contribution in [-0.4, -0.2) is 47.4 Å². The highest BCUT2D eigenvalue weighted by Gasteiger charge is 2.20. The molecular weight excluding hydrogens is 1150 g/mol. The lowest BCUT2D eigenvalue weighted by molar-refractivity contribution is -0.143. The van der Waals surface area contributed by atoms with E-state index in [0.717, 1.165) is 44.9 Å². The summed E-state index contributed by atoms with van der Waals surface area (Å²) < 4.78 is 5.51. The quantitative estimate of drug-likeness (QED) is 0.0320. The predicted octanol–water partition coefficient (Wildman–Crippen LogP) is 29.2. The van der Waals surface area contributed by atoms with Crippen molar-refractivity contribution in [2.24, 2.45) is 0 Å². The van der Waals surface area contributed by atoms with Crippen molar-refractivity contribution >= 4 is 11.9 Å². The van der Waals surface area contributed by atoms with E-state index in [-0.39, 0.29) is 18.5 Å². The second-order valence-electron chi connectivity index (χ2n) is 30.2. The predicted molar refractivity (Wildman–Crippen MR) is 417 cm³/mol. The van der Waals surface area contributed by atoms with Gasteiger partial charge in [-0.3, -0.25) is 9.59 Å². The molecule has 0 aromatic heterocycles. The van der Waals surface area contributed by atoms with Crippen LogP contribution >= 0.6 is 0 Å². The van der Waals surface area contributed by atoms with Gasteiger partial charge in [-0.15, -0.1) is 0 Å². The molecule has 3 N–H and O–H groups in total. The fourth-order valence-electron chi connectivity index (χ4n) is 14.1. The summed E-state index contributed by atoms with van der Waals surface area (Å²) in [5.74, 6) is -0.00940. The number of nitrogens with one attached hydrogen (secondary N) is 1. The molecule has 0 aliphatic carbocycles. The number of aliphatic hydroxyl groups excluding tert-OH is 2. The molecule has 1 amide bonds. The number of esters is 1. The smallest absolute Gasteiger partial charge is 0.305 e. The Morgan fingerprint density at radius 2 is 0.500 bits per heavy atom. The van der Waals surface area contributed by atoms with Gasteiger partial charge in [-0.1, -0.05) is 436 Å². The van der Waals surface area contributed by atoms with Crippen LogP contribution < -0.4 is 5.32 Å². The maximum absolute atomic E-state index is 12.6. The summed E-state index contributed by atoms with van der Waals surface area (Å²) in [5, 5.41) is 23.5. The Kier molecular flexibility index (Phi) is 82.3. The molecule has 0 aromatic rings. The maximum atomic E-state index is 12.6. The van der Waals surface area contributed by atoms with Crippen molar-refractivity contribution < 1.29 is 24.5 Å². The van der Waals surface area contributed by atoms with Crippen LogP contribution in [0.4, 0.5) is 0 Å². The number of amides is 1. The van der Waals surface area contributed by atoms with Gasteiger partial charge >= 0.3 is 5.97 Å². The van der Waals surface area contributed by atoms with Crippen molar-refractivity contribution in [3.8, 4) is 0 Å². The van der Waals surface area contributed by atoms with Crippen LogP contribution in [0.15, 0.2) is 24.3 Å². The van der Waals surface area contributed by atoms with Gasteiger partial charge in [0.15, 0.2) is 0 Å². The topological polar surface area (TPSA) is 95.9 Å².